The fraction of sp³-hybridized carbons (Fsp3) is 0.933. The normalized spacial score (nSPS) is 18.4. The number of hydrogen-bond donors (Lipinski definition) is 1. The van der Waals surface area contributed by atoms with Gasteiger partial charge in [-0.15, -0.1) is 0 Å². The number of rotatable bonds is 2. The Morgan fingerprint density at radius 1 is 1.00 bits per heavy atom. The molecule has 1 rings (SSSR count). The predicted molar refractivity (Wildman–Crippen MR) is 76.7 cm³/mol. The van der Waals surface area contributed by atoms with Crippen molar-refractivity contribution >= 4 is 6.03 Å². The van der Waals surface area contributed by atoms with Crippen molar-refractivity contribution in [2.45, 2.75) is 72.3 Å². The van der Waals surface area contributed by atoms with Crippen LogP contribution in [0.15, 0.2) is 0 Å². The molecule has 0 aromatic carbocycles. The van der Waals surface area contributed by atoms with E-state index >= 15 is 0 Å². The fourth-order valence-electron chi connectivity index (χ4n) is 3.01. The van der Waals surface area contributed by atoms with Gasteiger partial charge < -0.3 is 10.2 Å². The summed E-state index contributed by atoms with van der Waals surface area (Å²) in [7, 11) is 0. The lowest BCUT2D eigenvalue weighted by Gasteiger charge is -2.35. The Morgan fingerprint density at radius 3 is 1.94 bits per heavy atom. The van der Waals surface area contributed by atoms with Crippen molar-refractivity contribution in [2.75, 3.05) is 13.1 Å². The number of amides is 2. The average Bonchev–Trinajstić information content (AvgIpc) is 2.39. The lowest BCUT2D eigenvalue weighted by molar-refractivity contribution is 0.176. The Balaban J connectivity index is 2.51. The molecule has 0 spiro atoms. The van der Waals surface area contributed by atoms with Crippen molar-refractivity contribution in [1.82, 2.24) is 10.2 Å². The summed E-state index contributed by atoms with van der Waals surface area (Å²) in [5.41, 5.74) is 0.0944. The maximum Gasteiger partial charge on any atom is 0.317 e. The van der Waals surface area contributed by atoms with E-state index in [0.717, 1.165) is 32.4 Å². The minimum absolute atomic E-state index is 0.117. The summed E-state index contributed by atoms with van der Waals surface area (Å²) in [5.74, 6) is 0. The lowest BCUT2D eigenvalue weighted by Crippen LogP contribution is -2.51. The SMILES string of the molecule is CC(C)(C)CC(C)(C)NC(=O)N1CCCCCC1. The van der Waals surface area contributed by atoms with Crippen LogP contribution < -0.4 is 5.32 Å². The van der Waals surface area contributed by atoms with Gasteiger partial charge in [0, 0.05) is 18.6 Å². The van der Waals surface area contributed by atoms with Gasteiger partial charge in [0.25, 0.3) is 0 Å². The third-order valence-corrected chi connectivity index (χ3v) is 3.31. The van der Waals surface area contributed by atoms with E-state index in [2.05, 4.69) is 39.9 Å². The predicted octanol–water partition coefficient (Wildman–Crippen LogP) is 3.79. The standard InChI is InChI=1S/C15H30N2O/c1-14(2,3)12-15(4,5)16-13(18)17-10-8-6-7-9-11-17/h6-12H2,1-5H3,(H,16,18). The maximum absolute atomic E-state index is 12.3. The van der Waals surface area contributed by atoms with Gasteiger partial charge in [0.2, 0.25) is 0 Å². The number of carbonyl (C=O) groups is 1. The van der Waals surface area contributed by atoms with Gasteiger partial charge in [0.15, 0.2) is 0 Å². The van der Waals surface area contributed by atoms with Gasteiger partial charge in [-0.2, -0.15) is 0 Å². The molecule has 3 nitrogen and oxygen atoms in total. The monoisotopic (exact) mass is 254 g/mol. The lowest BCUT2D eigenvalue weighted by atomic mass is 9.82. The van der Waals surface area contributed by atoms with Crippen molar-refractivity contribution in [1.29, 1.82) is 0 Å². The quantitative estimate of drug-likeness (QED) is 0.799. The third kappa shape index (κ3) is 5.74. The van der Waals surface area contributed by atoms with Crippen LogP contribution in [0.1, 0.15) is 66.7 Å². The van der Waals surface area contributed by atoms with Gasteiger partial charge in [0.1, 0.15) is 0 Å². The van der Waals surface area contributed by atoms with Crippen molar-refractivity contribution in [2.24, 2.45) is 5.41 Å². The number of urea groups is 1. The van der Waals surface area contributed by atoms with Crippen molar-refractivity contribution in [3.05, 3.63) is 0 Å². The highest BCUT2D eigenvalue weighted by molar-refractivity contribution is 5.75. The Labute approximate surface area is 112 Å². The zero-order valence-corrected chi connectivity index (χ0v) is 12.8. The number of likely N-dealkylation sites (tertiary alicyclic amines) is 1. The van der Waals surface area contributed by atoms with E-state index in [-0.39, 0.29) is 17.0 Å². The van der Waals surface area contributed by atoms with Gasteiger partial charge in [-0.05, 0) is 38.5 Å². The molecular formula is C15H30N2O. The Morgan fingerprint density at radius 2 is 1.50 bits per heavy atom. The number of nitrogens with zero attached hydrogens (tertiary/aromatic N) is 1. The van der Waals surface area contributed by atoms with Gasteiger partial charge in [-0.25, -0.2) is 4.79 Å². The molecule has 0 unspecified atom stereocenters. The number of nitrogens with one attached hydrogen (secondary N) is 1. The second-order valence-electron chi connectivity index (χ2n) is 7.45. The molecule has 1 N–H and O–H groups in total. The van der Waals surface area contributed by atoms with Crippen LogP contribution in [-0.4, -0.2) is 29.6 Å². The highest BCUT2D eigenvalue weighted by Gasteiger charge is 2.28. The molecule has 2 amide bonds. The largest absolute Gasteiger partial charge is 0.333 e. The first-order valence-corrected chi connectivity index (χ1v) is 7.27. The molecule has 18 heavy (non-hydrogen) atoms. The van der Waals surface area contributed by atoms with E-state index in [1.54, 1.807) is 0 Å². The molecule has 0 bridgehead atoms. The second kappa shape index (κ2) is 5.94. The fourth-order valence-corrected chi connectivity index (χ4v) is 3.01. The summed E-state index contributed by atoms with van der Waals surface area (Å²) < 4.78 is 0. The molecule has 106 valence electrons. The van der Waals surface area contributed by atoms with Crippen LogP contribution in [0.3, 0.4) is 0 Å². The molecular weight excluding hydrogens is 224 g/mol. The molecule has 3 heteroatoms. The Bertz CT molecular complexity index is 271. The zero-order chi connectivity index (χ0) is 13.8. The molecule has 0 atom stereocenters. The summed E-state index contributed by atoms with van der Waals surface area (Å²) in [4.78, 5) is 14.3. The smallest absolute Gasteiger partial charge is 0.317 e. The second-order valence-corrected chi connectivity index (χ2v) is 7.45. The molecule has 1 fully saturated rings. The van der Waals surface area contributed by atoms with Crippen LogP contribution in [0, 0.1) is 5.41 Å². The van der Waals surface area contributed by atoms with E-state index in [4.69, 9.17) is 0 Å². The van der Waals surface area contributed by atoms with Crippen LogP contribution in [0.25, 0.3) is 0 Å². The first-order chi connectivity index (χ1) is 8.20. The van der Waals surface area contributed by atoms with Crippen LogP contribution in [0.2, 0.25) is 0 Å². The van der Waals surface area contributed by atoms with Crippen LogP contribution in [0.5, 0.6) is 0 Å². The summed E-state index contributed by atoms with van der Waals surface area (Å²) in [5, 5.41) is 3.20. The van der Waals surface area contributed by atoms with Crippen molar-refractivity contribution < 1.29 is 4.79 Å². The molecule has 1 aliphatic heterocycles. The average molecular weight is 254 g/mol. The van der Waals surface area contributed by atoms with E-state index in [9.17, 15) is 4.79 Å². The van der Waals surface area contributed by atoms with Gasteiger partial charge in [0.05, 0.1) is 0 Å². The first kappa shape index (κ1) is 15.3. The van der Waals surface area contributed by atoms with Crippen molar-refractivity contribution in [3.63, 3.8) is 0 Å². The van der Waals surface area contributed by atoms with E-state index in [1.165, 1.54) is 12.8 Å². The molecule has 0 aromatic rings. The summed E-state index contributed by atoms with van der Waals surface area (Å²) in [6.07, 6.45) is 5.80. The van der Waals surface area contributed by atoms with Crippen molar-refractivity contribution in [3.8, 4) is 0 Å². The third-order valence-electron chi connectivity index (χ3n) is 3.31. The number of hydrogen-bond acceptors (Lipinski definition) is 1. The maximum atomic E-state index is 12.3. The van der Waals surface area contributed by atoms with E-state index in [1.807, 2.05) is 4.90 Å². The highest BCUT2D eigenvalue weighted by atomic mass is 16.2. The van der Waals surface area contributed by atoms with Crippen LogP contribution in [0.4, 0.5) is 4.79 Å². The van der Waals surface area contributed by atoms with E-state index in [0.29, 0.717) is 0 Å². The molecule has 1 saturated heterocycles. The van der Waals surface area contributed by atoms with Gasteiger partial charge in [-0.3, -0.25) is 0 Å². The summed E-state index contributed by atoms with van der Waals surface area (Å²) in [6, 6.07) is 0.117. The molecule has 0 radical (unpaired) electrons. The summed E-state index contributed by atoms with van der Waals surface area (Å²) in [6.45, 7) is 12.7. The molecule has 1 aliphatic rings. The number of carbonyl (C=O) groups excluding carboxylic acids is 1. The van der Waals surface area contributed by atoms with Gasteiger partial charge >= 0.3 is 6.03 Å². The van der Waals surface area contributed by atoms with Gasteiger partial charge in [-0.1, -0.05) is 33.6 Å². The summed E-state index contributed by atoms with van der Waals surface area (Å²) >= 11 is 0. The molecule has 0 aromatic heterocycles. The Kier molecular flexibility index (Phi) is 5.06. The van der Waals surface area contributed by atoms with Crippen LogP contribution >= 0.6 is 0 Å². The minimum Gasteiger partial charge on any atom is -0.333 e. The zero-order valence-electron chi connectivity index (χ0n) is 12.8. The Hall–Kier alpha value is -0.730. The molecule has 1 heterocycles. The van der Waals surface area contributed by atoms with E-state index < -0.39 is 0 Å². The minimum atomic E-state index is -0.137. The molecule has 0 aliphatic carbocycles. The van der Waals surface area contributed by atoms with Crippen LogP contribution in [-0.2, 0) is 0 Å². The first-order valence-electron chi connectivity index (χ1n) is 7.27. The molecule has 0 saturated carbocycles. The topological polar surface area (TPSA) is 32.3 Å². The highest BCUT2D eigenvalue weighted by Crippen LogP contribution is 2.27.